The molecule has 17 heavy (non-hydrogen) atoms. The van der Waals surface area contributed by atoms with Crippen LogP contribution in [0, 0.1) is 0 Å². The van der Waals surface area contributed by atoms with Crippen LogP contribution in [0.4, 0.5) is 0 Å². The molecule has 0 amide bonds. The predicted molar refractivity (Wildman–Crippen MR) is 65.2 cm³/mol. The second-order valence-electron chi connectivity index (χ2n) is 4.20. The number of aliphatic hydroxyl groups is 1. The average molecular weight is 254 g/mol. The van der Waals surface area contributed by atoms with E-state index in [1.54, 1.807) is 16.8 Å². The van der Waals surface area contributed by atoms with Gasteiger partial charge in [-0.1, -0.05) is 23.7 Å². The van der Waals surface area contributed by atoms with Gasteiger partial charge in [0, 0.05) is 11.6 Å². The number of carboxylic acid groups (broad SMARTS) is 1. The smallest absolute Gasteiger partial charge is 0.337 e. The van der Waals surface area contributed by atoms with Gasteiger partial charge in [-0.3, -0.25) is 0 Å². The van der Waals surface area contributed by atoms with E-state index in [9.17, 15) is 9.90 Å². The van der Waals surface area contributed by atoms with E-state index in [1.165, 1.54) is 6.92 Å². The SMILES string of the molecule is CC(O)(Cn1ccc2cccc(Cl)c21)C(=O)O. The van der Waals surface area contributed by atoms with Gasteiger partial charge in [-0.15, -0.1) is 0 Å². The van der Waals surface area contributed by atoms with Crippen LogP contribution in [0.3, 0.4) is 0 Å². The summed E-state index contributed by atoms with van der Waals surface area (Å²) in [7, 11) is 0. The highest BCUT2D eigenvalue weighted by Crippen LogP contribution is 2.25. The minimum Gasteiger partial charge on any atom is -0.479 e. The van der Waals surface area contributed by atoms with Crippen LogP contribution in [0.1, 0.15) is 6.92 Å². The first kappa shape index (κ1) is 12.0. The highest BCUT2D eigenvalue weighted by Gasteiger charge is 2.30. The second kappa shape index (κ2) is 4.05. The van der Waals surface area contributed by atoms with Crippen LogP contribution < -0.4 is 0 Å². The van der Waals surface area contributed by atoms with Gasteiger partial charge < -0.3 is 14.8 Å². The molecule has 0 bridgehead atoms. The van der Waals surface area contributed by atoms with Crippen molar-refractivity contribution >= 4 is 28.5 Å². The molecule has 4 nitrogen and oxygen atoms in total. The maximum absolute atomic E-state index is 10.9. The summed E-state index contributed by atoms with van der Waals surface area (Å²) >= 11 is 6.06. The Morgan fingerprint density at radius 2 is 2.18 bits per heavy atom. The fraction of sp³-hybridized carbons (Fsp3) is 0.250. The number of carboxylic acids is 1. The number of fused-ring (bicyclic) bond motifs is 1. The molecule has 2 N–H and O–H groups in total. The van der Waals surface area contributed by atoms with Crippen LogP contribution in [-0.2, 0) is 11.3 Å². The largest absolute Gasteiger partial charge is 0.479 e. The topological polar surface area (TPSA) is 62.5 Å². The molecule has 0 saturated heterocycles. The van der Waals surface area contributed by atoms with Gasteiger partial charge in [0.25, 0.3) is 0 Å². The van der Waals surface area contributed by atoms with Crippen LogP contribution in [0.2, 0.25) is 5.02 Å². The van der Waals surface area contributed by atoms with Crippen molar-refractivity contribution in [1.82, 2.24) is 4.57 Å². The van der Waals surface area contributed by atoms with E-state index in [0.717, 1.165) is 10.9 Å². The Morgan fingerprint density at radius 3 is 2.82 bits per heavy atom. The fourth-order valence-corrected chi connectivity index (χ4v) is 2.04. The number of para-hydroxylation sites is 1. The van der Waals surface area contributed by atoms with Crippen molar-refractivity contribution in [2.75, 3.05) is 0 Å². The lowest BCUT2D eigenvalue weighted by Crippen LogP contribution is -2.39. The van der Waals surface area contributed by atoms with Gasteiger partial charge in [0.05, 0.1) is 17.1 Å². The minimum absolute atomic E-state index is 0.0461. The fourth-order valence-electron chi connectivity index (χ4n) is 1.75. The molecule has 2 aromatic rings. The summed E-state index contributed by atoms with van der Waals surface area (Å²) in [4.78, 5) is 10.9. The molecule has 2 rings (SSSR count). The lowest BCUT2D eigenvalue weighted by atomic mass is 10.1. The first-order valence-corrected chi connectivity index (χ1v) is 5.49. The lowest BCUT2D eigenvalue weighted by molar-refractivity contribution is -0.157. The summed E-state index contributed by atoms with van der Waals surface area (Å²) in [5, 5.41) is 20.1. The van der Waals surface area contributed by atoms with Crippen molar-refractivity contribution in [3.8, 4) is 0 Å². The van der Waals surface area contributed by atoms with Gasteiger partial charge in [-0.05, 0) is 19.1 Å². The number of nitrogens with zero attached hydrogens (tertiary/aromatic N) is 1. The Hall–Kier alpha value is -1.52. The van der Waals surface area contributed by atoms with Gasteiger partial charge in [-0.2, -0.15) is 0 Å². The van der Waals surface area contributed by atoms with Gasteiger partial charge in [-0.25, -0.2) is 4.79 Å². The monoisotopic (exact) mass is 253 g/mol. The third-order valence-corrected chi connectivity index (χ3v) is 2.98. The van der Waals surface area contributed by atoms with E-state index < -0.39 is 11.6 Å². The Balaban J connectivity index is 2.47. The summed E-state index contributed by atoms with van der Waals surface area (Å²) in [5.74, 6) is -1.26. The molecular weight excluding hydrogens is 242 g/mol. The molecular formula is C12H12ClNO3. The quantitative estimate of drug-likeness (QED) is 0.881. The van der Waals surface area contributed by atoms with Gasteiger partial charge in [0.15, 0.2) is 5.60 Å². The van der Waals surface area contributed by atoms with Crippen LogP contribution >= 0.6 is 11.6 Å². The van der Waals surface area contributed by atoms with Crippen molar-refractivity contribution in [3.05, 3.63) is 35.5 Å². The first-order valence-electron chi connectivity index (χ1n) is 5.11. The molecule has 5 heteroatoms. The zero-order chi connectivity index (χ0) is 12.6. The third kappa shape index (κ3) is 2.14. The van der Waals surface area contributed by atoms with Crippen LogP contribution in [0.5, 0.6) is 0 Å². The van der Waals surface area contributed by atoms with Gasteiger partial charge in [0.2, 0.25) is 0 Å². The Kier molecular flexibility index (Phi) is 2.85. The van der Waals surface area contributed by atoms with E-state index in [1.807, 2.05) is 18.2 Å². The molecule has 1 aromatic carbocycles. The van der Waals surface area contributed by atoms with Crippen molar-refractivity contribution in [1.29, 1.82) is 0 Å². The number of hydrogen-bond acceptors (Lipinski definition) is 2. The zero-order valence-corrected chi connectivity index (χ0v) is 9.98. The summed E-state index contributed by atoms with van der Waals surface area (Å²) in [5.41, 5.74) is -1.08. The number of benzene rings is 1. The van der Waals surface area contributed by atoms with Crippen LogP contribution in [0.15, 0.2) is 30.5 Å². The van der Waals surface area contributed by atoms with Crippen molar-refractivity contribution in [2.45, 2.75) is 19.1 Å². The summed E-state index contributed by atoms with van der Waals surface area (Å²) in [6.45, 7) is 1.22. The van der Waals surface area contributed by atoms with Crippen LogP contribution in [-0.4, -0.2) is 26.4 Å². The molecule has 0 saturated carbocycles. The van der Waals surface area contributed by atoms with E-state index in [-0.39, 0.29) is 6.54 Å². The number of aliphatic carboxylic acids is 1. The molecule has 0 aliphatic heterocycles. The highest BCUT2D eigenvalue weighted by atomic mass is 35.5. The normalized spacial score (nSPS) is 14.8. The standard InChI is InChI=1S/C12H12ClNO3/c1-12(17,11(15)16)7-14-6-5-8-3-2-4-9(13)10(8)14/h2-6,17H,7H2,1H3,(H,15,16). The number of rotatable bonds is 3. The highest BCUT2D eigenvalue weighted by molar-refractivity contribution is 6.35. The third-order valence-electron chi connectivity index (χ3n) is 2.68. The number of hydrogen-bond donors (Lipinski definition) is 2. The van der Waals surface area contributed by atoms with E-state index in [4.69, 9.17) is 16.7 Å². The molecule has 90 valence electrons. The first-order chi connectivity index (χ1) is 7.92. The number of carbonyl (C=O) groups is 1. The van der Waals surface area contributed by atoms with Crippen molar-refractivity contribution in [3.63, 3.8) is 0 Å². The molecule has 1 atom stereocenters. The molecule has 1 heterocycles. The maximum Gasteiger partial charge on any atom is 0.337 e. The number of halogens is 1. The van der Waals surface area contributed by atoms with Crippen LogP contribution in [0.25, 0.3) is 10.9 Å². The van der Waals surface area contributed by atoms with E-state index in [0.29, 0.717) is 5.02 Å². The zero-order valence-electron chi connectivity index (χ0n) is 9.22. The second-order valence-corrected chi connectivity index (χ2v) is 4.61. The van der Waals surface area contributed by atoms with E-state index in [2.05, 4.69) is 0 Å². The summed E-state index contributed by atoms with van der Waals surface area (Å²) < 4.78 is 1.64. The summed E-state index contributed by atoms with van der Waals surface area (Å²) in [6.07, 6.45) is 1.72. The molecule has 1 unspecified atom stereocenters. The molecule has 0 spiro atoms. The molecule has 0 fully saturated rings. The Labute approximate surface area is 103 Å². The lowest BCUT2D eigenvalue weighted by Gasteiger charge is -2.19. The molecule has 0 aliphatic rings. The van der Waals surface area contributed by atoms with Gasteiger partial charge >= 0.3 is 5.97 Å². The molecule has 1 aromatic heterocycles. The molecule has 0 radical (unpaired) electrons. The van der Waals surface area contributed by atoms with Crippen molar-refractivity contribution < 1.29 is 15.0 Å². The predicted octanol–water partition coefficient (Wildman–Crippen LogP) is 2.13. The van der Waals surface area contributed by atoms with E-state index >= 15 is 0 Å². The number of aromatic nitrogens is 1. The summed E-state index contributed by atoms with van der Waals surface area (Å²) in [6, 6.07) is 7.27. The minimum atomic E-state index is -1.81. The maximum atomic E-state index is 10.9. The Morgan fingerprint density at radius 1 is 1.47 bits per heavy atom. The van der Waals surface area contributed by atoms with Crippen molar-refractivity contribution in [2.24, 2.45) is 0 Å². The average Bonchev–Trinajstić information content (AvgIpc) is 2.62. The van der Waals surface area contributed by atoms with Gasteiger partial charge in [0.1, 0.15) is 0 Å². The molecule has 0 aliphatic carbocycles. The Bertz CT molecular complexity index is 574.